The molecular weight excluding hydrogens is 387 g/mol. The van der Waals surface area contributed by atoms with Gasteiger partial charge >= 0.3 is 5.97 Å². The van der Waals surface area contributed by atoms with Crippen molar-refractivity contribution in [2.24, 2.45) is 11.3 Å². The van der Waals surface area contributed by atoms with Crippen LogP contribution in [0.2, 0.25) is 0 Å². The van der Waals surface area contributed by atoms with Crippen LogP contribution < -0.4 is 0 Å². The van der Waals surface area contributed by atoms with Crippen LogP contribution in [0.4, 0.5) is 4.39 Å². The second-order valence-corrected chi connectivity index (χ2v) is 8.65. The van der Waals surface area contributed by atoms with E-state index in [2.05, 4.69) is 4.90 Å². The van der Waals surface area contributed by atoms with Gasteiger partial charge in [0.1, 0.15) is 5.82 Å². The molecule has 6 nitrogen and oxygen atoms in total. The normalized spacial score (nSPS) is 29.9. The molecule has 2 saturated heterocycles. The van der Waals surface area contributed by atoms with E-state index in [0.717, 1.165) is 45.6 Å². The minimum atomic E-state index is -0.696. The number of hydrogen-bond acceptors (Lipinski definition) is 5. The first kappa shape index (κ1) is 21.2. The Balaban J connectivity index is 1.54. The minimum Gasteiger partial charge on any atom is -0.466 e. The first-order valence-electron chi connectivity index (χ1n) is 11.1. The fourth-order valence-corrected chi connectivity index (χ4v) is 5.49. The van der Waals surface area contributed by atoms with Gasteiger partial charge in [0.2, 0.25) is 0 Å². The van der Waals surface area contributed by atoms with E-state index in [1.807, 2.05) is 6.92 Å². The first-order valence-corrected chi connectivity index (χ1v) is 11.1. The Morgan fingerprint density at radius 3 is 2.70 bits per heavy atom. The number of halogens is 1. The van der Waals surface area contributed by atoms with E-state index in [1.165, 1.54) is 12.1 Å². The largest absolute Gasteiger partial charge is 0.466 e. The van der Waals surface area contributed by atoms with Gasteiger partial charge < -0.3 is 14.4 Å². The van der Waals surface area contributed by atoms with E-state index < -0.39 is 11.2 Å². The monoisotopic (exact) mass is 418 g/mol. The van der Waals surface area contributed by atoms with Gasteiger partial charge in [-0.1, -0.05) is 12.1 Å². The summed E-state index contributed by atoms with van der Waals surface area (Å²) in [7, 11) is 0. The molecule has 1 amide bonds. The number of fused-ring (bicyclic) bond motifs is 1. The van der Waals surface area contributed by atoms with Gasteiger partial charge in [0.15, 0.2) is 0 Å². The third-order valence-corrected chi connectivity index (χ3v) is 7.12. The highest BCUT2D eigenvalue weighted by molar-refractivity contribution is 5.95. The van der Waals surface area contributed by atoms with Gasteiger partial charge in [0.25, 0.3) is 5.91 Å². The number of hydrogen-bond donors (Lipinski definition) is 0. The van der Waals surface area contributed by atoms with Crippen molar-refractivity contribution in [3.8, 4) is 0 Å². The number of nitrogens with zero attached hydrogens (tertiary/aromatic N) is 2. The predicted molar refractivity (Wildman–Crippen MR) is 110 cm³/mol. The molecular formula is C23H31FN2O4. The van der Waals surface area contributed by atoms with Crippen molar-refractivity contribution in [2.75, 3.05) is 46.0 Å². The zero-order valence-corrected chi connectivity index (χ0v) is 17.6. The molecule has 0 radical (unpaired) electrons. The highest BCUT2D eigenvalue weighted by Crippen LogP contribution is 2.48. The lowest BCUT2D eigenvalue weighted by Crippen LogP contribution is -2.59. The molecule has 1 aliphatic carbocycles. The van der Waals surface area contributed by atoms with Crippen LogP contribution in [0.5, 0.6) is 0 Å². The van der Waals surface area contributed by atoms with Crippen LogP contribution in [0.25, 0.3) is 0 Å². The first-order chi connectivity index (χ1) is 14.5. The quantitative estimate of drug-likeness (QED) is 0.704. The van der Waals surface area contributed by atoms with Gasteiger partial charge in [-0.15, -0.1) is 0 Å². The number of rotatable bonds is 4. The Bertz CT molecular complexity index is 782. The summed E-state index contributed by atoms with van der Waals surface area (Å²) >= 11 is 0. The lowest BCUT2D eigenvalue weighted by atomic mass is 9.61. The highest BCUT2D eigenvalue weighted by Gasteiger charge is 2.54. The van der Waals surface area contributed by atoms with Gasteiger partial charge in [0.05, 0.1) is 30.8 Å². The van der Waals surface area contributed by atoms with Crippen LogP contribution in [0.3, 0.4) is 0 Å². The van der Waals surface area contributed by atoms with E-state index in [-0.39, 0.29) is 23.4 Å². The van der Waals surface area contributed by atoms with E-state index in [1.54, 1.807) is 17.0 Å². The molecule has 30 heavy (non-hydrogen) atoms. The molecule has 1 aromatic carbocycles. The summed E-state index contributed by atoms with van der Waals surface area (Å²) < 4.78 is 25.2. The Kier molecular flexibility index (Phi) is 6.39. The standard InChI is InChI=1S/C23H31FN2O4/c1-2-30-22(28)23-9-7-18(25-11-13-29-14-12-25)15-17(23)8-10-26(16-23)21(27)19-5-3-4-6-20(19)24/h3-6,17-18H,2,7-16H2,1H3/t17-,18+,23-/m1/s1. The second kappa shape index (κ2) is 9.02. The molecule has 7 heteroatoms. The molecule has 0 bridgehead atoms. The molecule has 1 saturated carbocycles. The van der Waals surface area contributed by atoms with Crippen LogP contribution in [0, 0.1) is 17.2 Å². The lowest BCUT2D eigenvalue weighted by Gasteiger charge is -2.52. The van der Waals surface area contributed by atoms with E-state index >= 15 is 0 Å². The van der Waals surface area contributed by atoms with E-state index in [9.17, 15) is 14.0 Å². The highest BCUT2D eigenvalue weighted by atomic mass is 19.1. The molecule has 2 aliphatic heterocycles. The number of piperidine rings is 1. The zero-order chi connectivity index (χ0) is 21.1. The summed E-state index contributed by atoms with van der Waals surface area (Å²) in [5, 5.41) is 0. The topological polar surface area (TPSA) is 59.1 Å². The van der Waals surface area contributed by atoms with Crippen molar-refractivity contribution in [2.45, 2.75) is 38.6 Å². The molecule has 1 aromatic rings. The molecule has 164 valence electrons. The Morgan fingerprint density at radius 1 is 1.20 bits per heavy atom. The molecule has 4 rings (SSSR count). The van der Waals surface area contributed by atoms with Crippen LogP contribution >= 0.6 is 0 Å². The fraction of sp³-hybridized carbons (Fsp3) is 0.652. The maximum atomic E-state index is 14.2. The van der Waals surface area contributed by atoms with Gasteiger partial charge in [-0.05, 0) is 50.7 Å². The molecule has 3 aliphatic rings. The zero-order valence-electron chi connectivity index (χ0n) is 17.6. The number of likely N-dealkylation sites (tertiary alicyclic amines) is 1. The summed E-state index contributed by atoms with van der Waals surface area (Å²) in [4.78, 5) is 30.3. The number of carbonyl (C=O) groups is 2. The minimum absolute atomic E-state index is 0.0666. The molecule has 0 unspecified atom stereocenters. The fourth-order valence-electron chi connectivity index (χ4n) is 5.49. The van der Waals surface area contributed by atoms with Crippen molar-refractivity contribution in [3.63, 3.8) is 0 Å². The number of esters is 1. The maximum absolute atomic E-state index is 14.2. The average molecular weight is 419 g/mol. The van der Waals surface area contributed by atoms with Crippen molar-refractivity contribution in [1.82, 2.24) is 9.80 Å². The van der Waals surface area contributed by atoms with Crippen LogP contribution in [0.15, 0.2) is 24.3 Å². The summed E-state index contributed by atoms with van der Waals surface area (Å²) in [6, 6.07) is 6.49. The third kappa shape index (κ3) is 3.97. The molecule has 2 heterocycles. The van der Waals surface area contributed by atoms with Gasteiger partial charge in [0, 0.05) is 32.2 Å². The maximum Gasteiger partial charge on any atom is 0.314 e. The van der Waals surface area contributed by atoms with Crippen molar-refractivity contribution in [1.29, 1.82) is 0 Å². The third-order valence-electron chi connectivity index (χ3n) is 7.12. The number of amides is 1. The number of morpholine rings is 1. The van der Waals surface area contributed by atoms with Gasteiger partial charge in [-0.2, -0.15) is 0 Å². The summed E-state index contributed by atoms with van der Waals surface area (Å²) in [5.74, 6) is -0.902. The van der Waals surface area contributed by atoms with Crippen LogP contribution in [-0.4, -0.2) is 73.7 Å². The Hall–Kier alpha value is -1.99. The molecule has 3 atom stereocenters. The molecule has 3 fully saturated rings. The average Bonchev–Trinajstić information content (AvgIpc) is 2.79. The number of ether oxygens (including phenoxy) is 2. The van der Waals surface area contributed by atoms with E-state index in [0.29, 0.717) is 32.2 Å². The van der Waals surface area contributed by atoms with Crippen molar-refractivity contribution >= 4 is 11.9 Å². The Labute approximate surface area is 177 Å². The van der Waals surface area contributed by atoms with Crippen LogP contribution in [0.1, 0.15) is 43.0 Å². The smallest absolute Gasteiger partial charge is 0.314 e. The SMILES string of the molecule is CCOC(=O)[C@@]12CC[C@H](N3CCOCC3)C[C@H]1CCN(C(=O)c1ccccc1F)C2. The lowest BCUT2D eigenvalue weighted by molar-refractivity contribution is -0.168. The number of benzene rings is 1. The predicted octanol–water partition coefficient (Wildman–Crippen LogP) is 2.72. The molecule has 0 spiro atoms. The number of carbonyl (C=O) groups excluding carboxylic acids is 2. The summed E-state index contributed by atoms with van der Waals surface area (Å²) in [6.07, 6.45) is 3.26. The van der Waals surface area contributed by atoms with E-state index in [4.69, 9.17) is 9.47 Å². The van der Waals surface area contributed by atoms with Crippen molar-refractivity contribution in [3.05, 3.63) is 35.6 Å². The van der Waals surface area contributed by atoms with Gasteiger partial charge in [-0.25, -0.2) is 4.39 Å². The molecule has 0 N–H and O–H groups in total. The second-order valence-electron chi connectivity index (χ2n) is 8.65. The van der Waals surface area contributed by atoms with Crippen molar-refractivity contribution < 1.29 is 23.5 Å². The van der Waals surface area contributed by atoms with Crippen LogP contribution in [-0.2, 0) is 14.3 Å². The summed E-state index contributed by atoms with van der Waals surface area (Å²) in [6.45, 7) is 6.36. The van der Waals surface area contributed by atoms with Gasteiger partial charge in [-0.3, -0.25) is 14.5 Å². The molecule has 0 aromatic heterocycles. The summed E-state index contributed by atoms with van der Waals surface area (Å²) in [5.41, 5.74) is -0.630. The Morgan fingerprint density at radius 2 is 1.97 bits per heavy atom.